The highest BCUT2D eigenvalue weighted by atomic mass is 28.4. The van der Waals surface area contributed by atoms with Gasteiger partial charge in [-0.15, -0.1) is 0 Å². The van der Waals surface area contributed by atoms with E-state index in [4.69, 9.17) is 19.0 Å². The Balaban J connectivity index is 0.000000547. The van der Waals surface area contributed by atoms with Gasteiger partial charge in [-0.1, -0.05) is 36.4 Å². The minimum Gasteiger partial charge on any atom is -0.374 e. The molecule has 0 amide bonds. The molecule has 0 saturated carbocycles. The molecule has 1 rings (SSSR count). The number of hydrogen-bond donors (Lipinski definition) is 1. The molecule has 0 radical (unpaired) electrons. The van der Waals surface area contributed by atoms with Crippen molar-refractivity contribution in [1.82, 2.24) is 0 Å². The van der Waals surface area contributed by atoms with E-state index in [1.165, 1.54) is 0 Å². The van der Waals surface area contributed by atoms with Gasteiger partial charge in [0.05, 0.1) is 0 Å². The first-order valence-electron chi connectivity index (χ1n) is 7.76. The Labute approximate surface area is 131 Å². The standard InChI is InChI=1S/C10H25NO3Si.C6H6/c1-5-12-15(13-6-2,9-7-8-11)14-10(3)4;1-2-4-6-5-3-1/h10H,5-9,11H2,1-4H3;1-6H. The summed E-state index contributed by atoms with van der Waals surface area (Å²) in [5, 5.41) is 0. The molecule has 0 aliphatic heterocycles. The molecule has 0 unspecified atom stereocenters. The molecule has 0 fully saturated rings. The molecule has 21 heavy (non-hydrogen) atoms. The van der Waals surface area contributed by atoms with Crippen LogP contribution in [-0.4, -0.2) is 34.7 Å². The van der Waals surface area contributed by atoms with Gasteiger partial charge in [-0.3, -0.25) is 0 Å². The van der Waals surface area contributed by atoms with Crippen molar-refractivity contribution in [3.63, 3.8) is 0 Å². The van der Waals surface area contributed by atoms with Crippen LogP contribution in [0.25, 0.3) is 0 Å². The molecule has 0 spiro atoms. The van der Waals surface area contributed by atoms with Gasteiger partial charge in [-0.25, -0.2) is 0 Å². The summed E-state index contributed by atoms with van der Waals surface area (Å²) in [4.78, 5) is 0. The van der Waals surface area contributed by atoms with E-state index in [0.29, 0.717) is 19.8 Å². The van der Waals surface area contributed by atoms with Crippen LogP contribution in [0.4, 0.5) is 0 Å². The monoisotopic (exact) mass is 313 g/mol. The van der Waals surface area contributed by atoms with Gasteiger partial charge in [-0.05, 0) is 40.7 Å². The number of rotatable bonds is 9. The Kier molecular flexibility index (Phi) is 12.5. The lowest BCUT2D eigenvalue weighted by molar-refractivity contribution is 0.0440. The normalized spacial score (nSPS) is 11.1. The Morgan fingerprint density at radius 2 is 1.33 bits per heavy atom. The minimum absolute atomic E-state index is 0.132. The lowest BCUT2D eigenvalue weighted by Gasteiger charge is -2.30. The van der Waals surface area contributed by atoms with Gasteiger partial charge in [-0.2, -0.15) is 0 Å². The van der Waals surface area contributed by atoms with Crippen LogP contribution in [0.3, 0.4) is 0 Å². The van der Waals surface area contributed by atoms with Crippen LogP contribution >= 0.6 is 0 Å². The van der Waals surface area contributed by atoms with E-state index in [-0.39, 0.29) is 6.10 Å². The van der Waals surface area contributed by atoms with E-state index in [2.05, 4.69) is 0 Å². The first-order chi connectivity index (χ1) is 10.1. The van der Waals surface area contributed by atoms with Crippen molar-refractivity contribution in [1.29, 1.82) is 0 Å². The lowest BCUT2D eigenvalue weighted by Crippen LogP contribution is -2.47. The fraction of sp³-hybridized carbons (Fsp3) is 0.625. The average Bonchev–Trinajstić information content (AvgIpc) is 2.47. The smallest absolute Gasteiger partial charge is 0.374 e. The molecule has 122 valence electrons. The molecule has 0 aromatic heterocycles. The van der Waals surface area contributed by atoms with Gasteiger partial charge in [0.1, 0.15) is 0 Å². The molecular formula is C16H31NO3Si. The summed E-state index contributed by atoms with van der Waals surface area (Å²) in [6.45, 7) is 9.84. The maximum atomic E-state index is 5.86. The molecule has 0 aliphatic rings. The van der Waals surface area contributed by atoms with Crippen LogP contribution in [-0.2, 0) is 13.3 Å². The largest absolute Gasteiger partial charge is 0.501 e. The van der Waals surface area contributed by atoms with Gasteiger partial charge in [0, 0.05) is 25.4 Å². The molecule has 2 N–H and O–H groups in total. The molecule has 0 bridgehead atoms. The second kappa shape index (κ2) is 13.0. The molecule has 0 aliphatic carbocycles. The summed E-state index contributed by atoms with van der Waals surface area (Å²) >= 11 is 0. The molecule has 1 aromatic carbocycles. The van der Waals surface area contributed by atoms with Gasteiger partial charge in [0.2, 0.25) is 0 Å². The highest BCUT2D eigenvalue weighted by Crippen LogP contribution is 2.19. The summed E-state index contributed by atoms with van der Waals surface area (Å²) in [6, 6.07) is 12.8. The van der Waals surface area contributed by atoms with Crippen molar-refractivity contribution in [3.8, 4) is 0 Å². The Bertz CT molecular complexity index is 290. The zero-order valence-corrected chi connectivity index (χ0v) is 14.9. The Morgan fingerprint density at radius 3 is 1.62 bits per heavy atom. The molecule has 0 atom stereocenters. The average molecular weight is 314 g/mol. The molecule has 0 saturated heterocycles. The maximum Gasteiger partial charge on any atom is 0.501 e. The van der Waals surface area contributed by atoms with E-state index >= 15 is 0 Å². The van der Waals surface area contributed by atoms with Crippen LogP contribution < -0.4 is 5.73 Å². The quantitative estimate of drug-likeness (QED) is 0.709. The Hall–Kier alpha value is -0.723. The molecule has 0 heterocycles. The highest BCUT2D eigenvalue weighted by molar-refractivity contribution is 6.60. The predicted molar refractivity (Wildman–Crippen MR) is 90.1 cm³/mol. The first-order valence-corrected chi connectivity index (χ1v) is 9.69. The third kappa shape index (κ3) is 10.6. The van der Waals surface area contributed by atoms with Gasteiger partial charge in [0.15, 0.2) is 0 Å². The van der Waals surface area contributed by atoms with Gasteiger partial charge in [0.25, 0.3) is 0 Å². The zero-order chi connectivity index (χ0) is 16.0. The molecule has 1 aromatic rings. The van der Waals surface area contributed by atoms with Crippen molar-refractivity contribution in [3.05, 3.63) is 36.4 Å². The summed E-state index contributed by atoms with van der Waals surface area (Å²) in [5.74, 6) is 0. The van der Waals surface area contributed by atoms with Crippen LogP contribution in [0, 0.1) is 0 Å². The van der Waals surface area contributed by atoms with E-state index in [9.17, 15) is 0 Å². The van der Waals surface area contributed by atoms with E-state index in [1.54, 1.807) is 0 Å². The third-order valence-corrected chi connectivity index (χ3v) is 5.75. The second-order valence-electron chi connectivity index (χ2n) is 4.76. The van der Waals surface area contributed by atoms with E-state index < -0.39 is 8.80 Å². The summed E-state index contributed by atoms with van der Waals surface area (Å²) in [7, 11) is -2.46. The SMILES string of the molecule is CCO[Si](CCCN)(OCC)OC(C)C.c1ccccc1. The summed E-state index contributed by atoms with van der Waals surface area (Å²) in [6.07, 6.45) is 1.02. The molecule has 4 nitrogen and oxygen atoms in total. The first kappa shape index (κ1) is 20.3. The number of hydrogen-bond acceptors (Lipinski definition) is 4. The number of nitrogens with two attached hydrogens (primary N) is 1. The fourth-order valence-electron chi connectivity index (χ4n) is 1.82. The second-order valence-corrected chi connectivity index (χ2v) is 7.44. The minimum atomic E-state index is -2.46. The van der Waals surface area contributed by atoms with E-state index in [1.807, 2.05) is 64.1 Å². The van der Waals surface area contributed by atoms with Crippen LogP contribution in [0.2, 0.25) is 6.04 Å². The lowest BCUT2D eigenvalue weighted by atomic mass is 10.4. The fourth-order valence-corrected chi connectivity index (χ4v) is 4.68. The number of benzene rings is 1. The van der Waals surface area contributed by atoms with Crippen LogP contribution in [0.1, 0.15) is 34.1 Å². The van der Waals surface area contributed by atoms with Crippen molar-refractivity contribution < 1.29 is 13.3 Å². The Morgan fingerprint density at radius 1 is 0.905 bits per heavy atom. The maximum absolute atomic E-state index is 5.86. The van der Waals surface area contributed by atoms with Crippen molar-refractivity contribution in [2.24, 2.45) is 5.73 Å². The topological polar surface area (TPSA) is 53.7 Å². The van der Waals surface area contributed by atoms with Gasteiger partial charge >= 0.3 is 8.80 Å². The van der Waals surface area contributed by atoms with Crippen molar-refractivity contribution in [2.45, 2.75) is 46.3 Å². The van der Waals surface area contributed by atoms with Crippen molar-refractivity contribution in [2.75, 3.05) is 19.8 Å². The van der Waals surface area contributed by atoms with Gasteiger partial charge < -0.3 is 19.0 Å². The highest BCUT2D eigenvalue weighted by Gasteiger charge is 2.40. The summed E-state index contributed by atoms with van der Waals surface area (Å²) < 4.78 is 17.3. The zero-order valence-electron chi connectivity index (χ0n) is 13.9. The van der Waals surface area contributed by atoms with Crippen LogP contribution in [0.15, 0.2) is 36.4 Å². The third-order valence-electron chi connectivity index (χ3n) is 2.50. The molecular weight excluding hydrogens is 282 g/mol. The molecule has 5 heteroatoms. The summed E-state index contributed by atoms with van der Waals surface area (Å²) in [5.41, 5.74) is 5.51. The van der Waals surface area contributed by atoms with E-state index in [0.717, 1.165) is 12.5 Å². The predicted octanol–water partition coefficient (Wildman–Crippen LogP) is 3.46. The van der Waals surface area contributed by atoms with Crippen LogP contribution in [0.5, 0.6) is 0 Å². The van der Waals surface area contributed by atoms with Crippen molar-refractivity contribution >= 4 is 8.80 Å².